The van der Waals surface area contributed by atoms with E-state index < -0.39 is 0 Å². The molecule has 0 aliphatic heterocycles. The molecule has 4 heteroatoms. The molecular weight excluding hydrogens is 214 g/mol. The maximum absolute atomic E-state index is 11.2. The van der Waals surface area contributed by atoms with Crippen molar-refractivity contribution < 1.29 is 4.42 Å². The van der Waals surface area contributed by atoms with Crippen LogP contribution in [0.3, 0.4) is 0 Å². The Kier molecular flexibility index (Phi) is 2.50. The van der Waals surface area contributed by atoms with Gasteiger partial charge < -0.3 is 10.2 Å². The van der Waals surface area contributed by atoms with Gasteiger partial charge in [0.2, 0.25) is 0 Å². The maximum Gasteiger partial charge on any atom is 0.336 e. The highest BCUT2D eigenvalue weighted by molar-refractivity contribution is 6.32. The lowest BCUT2D eigenvalue weighted by Gasteiger charge is -2.04. The van der Waals surface area contributed by atoms with E-state index in [4.69, 9.17) is 21.8 Å². The van der Waals surface area contributed by atoms with Crippen molar-refractivity contribution in [3.8, 4) is 0 Å². The van der Waals surface area contributed by atoms with Crippen molar-refractivity contribution >= 4 is 22.6 Å². The molecule has 0 spiro atoms. The molecule has 2 aromatic rings. The summed E-state index contributed by atoms with van der Waals surface area (Å²) in [6.07, 6.45) is 0. The Morgan fingerprint density at radius 1 is 1.40 bits per heavy atom. The number of rotatable bonds is 1. The summed E-state index contributed by atoms with van der Waals surface area (Å²) in [6.45, 7) is 2.15. The second-order valence-electron chi connectivity index (χ2n) is 3.39. The molecule has 1 aromatic carbocycles. The van der Waals surface area contributed by atoms with Gasteiger partial charge in [-0.2, -0.15) is 0 Å². The first-order valence-electron chi connectivity index (χ1n) is 4.55. The highest BCUT2D eigenvalue weighted by Crippen LogP contribution is 2.24. The predicted molar refractivity (Wildman–Crippen MR) is 60.1 cm³/mol. The standard InChI is InChI=1S/C11H10ClNO2/c1-6-2-10-8(4-9(6)12)7(5-13)3-11(14)15-10/h2-4H,5,13H2,1H3. The lowest BCUT2D eigenvalue weighted by molar-refractivity contribution is 0.558. The number of benzene rings is 1. The van der Waals surface area contributed by atoms with Gasteiger partial charge in [-0.1, -0.05) is 11.6 Å². The average molecular weight is 224 g/mol. The topological polar surface area (TPSA) is 56.2 Å². The molecule has 0 bridgehead atoms. The van der Waals surface area contributed by atoms with Crippen LogP contribution in [0.2, 0.25) is 5.02 Å². The SMILES string of the molecule is Cc1cc2oc(=O)cc(CN)c2cc1Cl. The highest BCUT2D eigenvalue weighted by Gasteiger charge is 2.06. The normalized spacial score (nSPS) is 10.9. The van der Waals surface area contributed by atoms with Crippen LogP contribution in [0.1, 0.15) is 11.1 Å². The first kappa shape index (κ1) is 10.2. The largest absolute Gasteiger partial charge is 0.423 e. The molecule has 1 aromatic heterocycles. The minimum Gasteiger partial charge on any atom is -0.423 e. The molecule has 0 radical (unpaired) electrons. The first-order chi connectivity index (χ1) is 7.11. The van der Waals surface area contributed by atoms with Gasteiger partial charge in [0.15, 0.2) is 0 Å². The molecule has 1 heterocycles. The first-order valence-corrected chi connectivity index (χ1v) is 4.92. The number of fused-ring (bicyclic) bond motifs is 1. The number of nitrogens with two attached hydrogens (primary N) is 1. The van der Waals surface area contributed by atoms with Crippen LogP contribution in [-0.2, 0) is 6.54 Å². The minimum atomic E-state index is -0.385. The third-order valence-corrected chi connectivity index (χ3v) is 2.74. The molecule has 0 atom stereocenters. The fourth-order valence-corrected chi connectivity index (χ4v) is 1.68. The molecule has 0 saturated carbocycles. The predicted octanol–water partition coefficient (Wildman–Crippen LogP) is 2.21. The fourth-order valence-electron chi connectivity index (χ4n) is 1.52. The Morgan fingerprint density at radius 3 is 2.80 bits per heavy atom. The minimum absolute atomic E-state index is 0.293. The van der Waals surface area contributed by atoms with Gasteiger partial charge in [-0.3, -0.25) is 0 Å². The number of halogens is 1. The lowest BCUT2D eigenvalue weighted by Crippen LogP contribution is -2.05. The van der Waals surface area contributed by atoms with Crippen molar-refractivity contribution in [2.24, 2.45) is 5.73 Å². The zero-order valence-electron chi connectivity index (χ0n) is 8.21. The van der Waals surface area contributed by atoms with E-state index in [9.17, 15) is 4.79 Å². The van der Waals surface area contributed by atoms with Crippen LogP contribution in [0.25, 0.3) is 11.0 Å². The monoisotopic (exact) mass is 223 g/mol. The summed E-state index contributed by atoms with van der Waals surface area (Å²) in [5, 5.41) is 1.44. The van der Waals surface area contributed by atoms with E-state index in [0.29, 0.717) is 17.2 Å². The Balaban J connectivity index is 2.90. The third kappa shape index (κ3) is 1.76. The van der Waals surface area contributed by atoms with Crippen LogP contribution >= 0.6 is 11.6 Å². The van der Waals surface area contributed by atoms with Crippen molar-refractivity contribution in [1.82, 2.24) is 0 Å². The second-order valence-corrected chi connectivity index (χ2v) is 3.80. The molecule has 0 aliphatic carbocycles. The second kappa shape index (κ2) is 3.68. The van der Waals surface area contributed by atoms with Crippen LogP contribution in [0.15, 0.2) is 27.4 Å². The van der Waals surface area contributed by atoms with E-state index in [1.165, 1.54) is 6.07 Å². The number of hydrogen-bond donors (Lipinski definition) is 1. The maximum atomic E-state index is 11.2. The van der Waals surface area contributed by atoms with Crippen LogP contribution in [0.4, 0.5) is 0 Å². The molecule has 3 nitrogen and oxygen atoms in total. The van der Waals surface area contributed by atoms with Crippen LogP contribution < -0.4 is 11.4 Å². The summed E-state index contributed by atoms with van der Waals surface area (Å²) in [5.41, 5.74) is 7.33. The fraction of sp³-hybridized carbons (Fsp3) is 0.182. The Bertz CT molecular complexity index is 575. The van der Waals surface area contributed by atoms with Gasteiger partial charge in [0.25, 0.3) is 0 Å². The molecule has 0 unspecified atom stereocenters. The van der Waals surface area contributed by atoms with E-state index in [-0.39, 0.29) is 5.63 Å². The molecule has 0 amide bonds. The summed E-state index contributed by atoms with van der Waals surface area (Å²) in [5.74, 6) is 0. The van der Waals surface area contributed by atoms with Gasteiger partial charge in [0.1, 0.15) is 5.58 Å². The van der Waals surface area contributed by atoms with Crippen molar-refractivity contribution in [3.05, 3.63) is 44.8 Å². The molecule has 0 fully saturated rings. The molecule has 0 aliphatic rings. The van der Waals surface area contributed by atoms with Crippen molar-refractivity contribution in [1.29, 1.82) is 0 Å². The molecular formula is C11H10ClNO2. The van der Waals surface area contributed by atoms with E-state index in [0.717, 1.165) is 16.5 Å². The smallest absolute Gasteiger partial charge is 0.336 e. The van der Waals surface area contributed by atoms with Gasteiger partial charge in [-0.25, -0.2) is 4.79 Å². The Morgan fingerprint density at radius 2 is 2.13 bits per heavy atom. The van der Waals surface area contributed by atoms with E-state index >= 15 is 0 Å². The van der Waals surface area contributed by atoms with Gasteiger partial charge in [0.05, 0.1) is 0 Å². The summed E-state index contributed by atoms with van der Waals surface area (Å²) < 4.78 is 5.07. The quantitative estimate of drug-likeness (QED) is 0.755. The van der Waals surface area contributed by atoms with Crippen LogP contribution in [0, 0.1) is 6.92 Å². The molecule has 78 valence electrons. The zero-order chi connectivity index (χ0) is 11.0. The molecule has 2 rings (SSSR count). The third-order valence-electron chi connectivity index (χ3n) is 2.33. The van der Waals surface area contributed by atoms with Crippen molar-refractivity contribution in [2.45, 2.75) is 13.5 Å². The summed E-state index contributed by atoms with van der Waals surface area (Å²) >= 11 is 6.00. The zero-order valence-corrected chi connectivity index (χ0v) is 8.97. The summed E-state index contributed by atoms with van der Waals surface area (Å²) in [4.78, 5) is 11.2. The number of aryl methyl sites for hydroxylation is 1. The molecule has 2 N–H and O–H groups in total. The van der Waals surface area contributed by atoms with Crippen LogP contribution in [0.5, 0.6) is 0 Å². The van der Waals surface area contributed by atoms with Gasteiger partial charge in [-0.15, -0.1) is 0 Å². The molecule has 0 saturated heterocycles. The van der Waals surface area contributed by atoms with Gasteiger partial charge in [0, 0.05) is 23.0 Å². The van der Waals surface area contributed by atoms with Crippen molar-refractivity contribution in [2.75, 3.05) is 0 Å². The van der Waals surface area contributed by atoms with E-state index in [1.54, 1.807) is 12.1 Å². The van der Waals surface area contributed by atoms with Gasteiger partial charge >= 0.3 is 5.63 Å². The molecule has 15 heavy (non-hydrogen) atoms. The van der Waals surface area contributed by atoms with Gasteiger partial charge in [-0.05, 0) is 30.2 Å². The summed E-state index contributed by atoms with van der Waals surface area (Å²) in [6, 6.07) is 4.92. The van der Waals surface area contributed by atoms with E-state index in [2.05, 4.69) is 0 Å². The van der Waals surface area contributed by atoms with E-state index in [1.807, 2.05) is 6.92 Å². The lowest BCUT2D eigenvalue weighted by atomic mass is 10.1. The van der Waals surface area contributed by atoms with Crippen molar-refractivity contribution in [3.63, 3.8) is 0 Å². The van der Waals surface area contributed by atoms with Crippen LogP contribution in [-0.4, -0.2) is 0 Å². The highest BCUT2D eigenvalue weighted by atomic mass is 35.5. The number of hydrogen-bond acceptors (Lipinski definition) is 3. The Labute approximate surface area is 91.5 Å². The average Bonchev–Trinajstić information content (AvgIpc) is 2.19. The summed E-state index contributed by atoms with van der Waals surface area (Å²) in [7, 11) is 0. The Hall–Kier alpha value is -1.32.